The summed E-state index contributed by atoms with van der Waals surface area (Å²) in [5, 5.41) is 0. The van der Waals surface area contributed by atoms with Crippen molar-refractivity contribution in [3.8, 4) is 0 Å². The molecule has 3 atom stereocenters. The Bertz CT molecular complexity index is 446. The van der Waals surface area contributed by atoms with Crippen LogP contribution in [0.2, 0.25) is 0 Å². The summed E-state index contributed by atoms with van der Waals surface area (Å²) in [6.45, 7) is 22.1. The zero-order chi connectivity index (χ0) is 20.3. The lowest BCUT2D eigenvalue weighted by atomic mass is 10.4. The molecule has 0 rings (SSSR count). The molecule has 3 unspecified atom stereocenters. The molecule has 0 aliphatic heterocycles. The topological polar surface area (TPSA) is 72.5 Å². The van der Waals surface area contributed by atoms with Crippen LogP contribution in [0.5, 0.6) is 0 Å². The summed E-state index contributed by atoms with van der Waals surface area (Å²) in [7, 11) is -4.03. The minimum atomic E-state index is -4.03. The van der Waals surface area contributed by atoms with E-state index < -0.39 is 26.7 Å². The van der Waals surface area contributed by atoms with Crippen LogP contribution in [0, 0.1) is 0 Å². The fourth-order valence-corrected chi connectivity index (χ4v) is 2.91. The molecule has 7 nitrogen and oxygen atoms in total. The molecular weight excluding hydrogens is 359 g/mol. The van der Waals surface area contributed by atoms with Crippen LogP contribution in [0.15, 0.2) is 36.5 Å². The van der Waals surface area contributed by atoms with Crippen molar-refractivity contribution in [3.05, 3.63) is 36.5 Å². The van der Waals surface area contributed by atoms with Gasteiger partial charge in [-0.05, 0) is 41.5 Å². The van der Waals surface area contributed by atoms with Gasteiger partial charge in [0.05, 0.1) is 19.8 Å². The van der Waals surface area contributed by atoms with Gasteiger partial charge in [0.15, 0.2) is 18.9 Å². The van der Waals surface area contributed by atoms with Crippen LogP contribution in [0.4, 0.5) is 0 Å². The lowest BCUT2D eigenvalue weighted by Crippen LogP contribution is -2.22. The highest BCUT2D eigenvalue weighted by atomic mass is 31.2. The van der Waals surface area contributed by atoms with Crippen LogP contribution in [0.1, 0.15) is 41.5 Å². The predicted octanol–water partition coefficient (Wildman–Crippen LogP) is 4.96. The highest BCUT2D eigenvalue weighted by Crippen LogP contribution is 2.53. The monoisotopic (exact) mass is 392 g/mol. The average Bonchev–Trinajstić information content (AvgIpc) is 2.48. The molecule has 0 radical (unpaired) electrons. The van der Waals surface area contributed by atoms with Crippen LogP contribution in [0.25, 0.3) is 0 Å². The molecule has 0 saturated carbocycles. The summed E-state index contributed by atoms with van der Waals surface area (Å²) in [5.74, 6) is 0. The Morgan fingerprint density at radius 3 is 1.12 bits per heavy atom. The molecule has 0 aromatic rings. The second-order valence-corrected chi connectivity index (χ2v) is 7.80. The second kappa shape index (κ2) is 12.6. The molecule has 26 heavy (non-hydrogen) atoms. The normalized spacial score (nSPS) is 17.2. The third-order valence-electron chi connectivity index (χ3n) is 2.53. The maximum absolute atomic E-state index is 13.0. The van der Waals surface area contributed by atoms with Gasteiger partial charge in [-0.3, -0.25) is 13.6 Å². The van der Waals surface area contributed by atoms with E-state index in [0.717, 1.165) is 16.7 Å². The van der Waals surface area contributed by atoms with Crippen molar-refractivity contribution in [2.24, 2.45) is 0 Å². The van der Waals surface area contributed by atoms with Crippen molar-refractivity contribution < 1.29 is 32.3 Å². The fourth-order valence-electron chi connectivity index (χ4n) is 1.49. The molecule has 0 aromatic heterocycles. The van der Waals surface area contributed by atoms with Gasteiger partial charge in [0.25, 0.3) is 0 Å². The number of rotatable bonds is 15. The Morgan fingerprint density at radius 1 is 0.692 bits per heavy atom. The highest BCUT2D eigenvalue weighted by molar-refractivity contribution is 7.48. The SMILES string of the molecule is C=C(C)COC(C)OP(=O)(OC(C)OCC(=C)C)OC(C)OCC(=C)C. The Labute approximate surface area is 157 Å². The van der Waals surface area contributed by atoms with Crippen LogP contribution in [0.3, 0.4) is 0 Å². The number of phosphoric acid groups is 1. The summed E-state index contributed by atoms with van der Waals surface area (Å²) < 4.78 is 45.3. The maximum atomic E-state index is 13.0. The average molecular weight is 392 g/mol. The Hall–Kier alpha value is -0.790. The quantitative estimate of drug-likeness (QED) is 0.221. The molecule has 0 aliphatic rings. The first-order chi connectivity index (χ1) is 11.9. The smallest absolute Gasteiger partial charge is 0.348 e. The van der Waals surface area contributed by atoms with Crippen molar-refractivity contribution in [1.29, 1.82) is 0 Å². The van der Waals surface area contributed by atoms with Gasteiger partial charge in [0.2, 0.25) is 0 Å². The van der Waals surface area contributed by atoms with E-state index in [0.29, 0.717) is 0 Å². The van der Waals surface area contributed by atoms with E-state index in [1.807, 2.05) is 0 Å². The molecule has 152 valence electrons. The van der Waals surface area contributed by atoms with Crippen LogP contribution in [-0.4, -0.2) is 38.7 Å². The van der Waals surface area contributed by atoms with Gasteiger partial charge in [0.1, 0.15) is 0 Å². The van der Waals surface area contributed by atoms with Gasteiger partial charge in [-0.25, -0.2) is 4.57 Å². The Balaban J connectivity index is 4.92. The van der Waals surface area contributed by atoms with Crippen molar-refractivity contribution >= 4 is 7.82 Å². The van der Waals surface area contributed by atoms with E-state index in [2.05, 4.69) is 19.7 Å². The zero-order valence-corrected chi connectivity index (χ0v) is 17.7. The fraction of sp³-hybridized carbons (Fsp3) is 0.667. The van der Waals surface area contributed by atoms with E-state index in [9.17, 15) is 4.57 Å². The van der Waals surface area contributed by atoms with Crippen LogP contribution in [-0.2, 0) is 32.3 Å². The van der Waals surface area contributed by atoms with Gasteiger partial charge in [-0.2, -0.15) is 0 Å². The minimum Gasteiger partial charge on any atom is -0.348 e. The molecule has 0 fully saturated rings. The standard InChI is InChI=1S/C18H33O7P/c1-13(2)10-20-16(7)23-26(19,24-17(8)21-11-14(3)4)25-18(9)22-12-15(5)6/h16-18H,1,3,5,10-12H2,2,4,6-9H3. The van der Waals surface area contributed by atoms with Crippen molar-refractivity contribution in [2.45, 2.75) is 60.4 Å². The Morgan fingerprint density at radius 2 is 0.923 bits per heavy atom. The summed E-state index contributed by atoms with van der Waals surface area (Å²) >= 11 is 0. The Kier molecular flexibility index (Phi) is 12.2. The highest BCUT2D eigenvalue weighted by Gasteiger charge is 2.35. The maximum Gasteiger partial charge on any atom is 0.481 e. The van der Waals surface area contributed by atoms with Gasteiger partial charge < -0.3 is 14.2 Å². The van der Waals surface area contributed by atoms with Gasteiger partial charge in [0, 0.05) is 0 Å². The molecular formula is C18H33O7P. The second-order valence-electron chi connectivity index (χ2n) is 6.27. The lowest BCUT2D eigenvalue weighted by molar-refractivity contribution is -0.142. The lowest BCUT2D eigenvalue weighted by Gasteiger charge is -2.26. The van der Waals surface area contributed by atoms with Gasteiger partial charge in [-0.15, -0.1) is 0 Å². The molecule has 0 bridgehead atoms. The molecule has 0 heterocycles. The summed E-state index contributed by atoms with van der Waals surface area (Å²) in [6, 6.07) is 0. The van der Waals surface area contributed by atoms with Gasteiger partial charge in [-0.1, -0.05) is 36.5 Å². The number of hydrogen-bond acceptors (Lipinski definition) is 7. The van der Waals surface area contributed by atoms with E-state index in [-0.39, 0.29) is 19.8 Å². The zero-order valence-electron chi connectivity index (χ0n) is 16.8. The molecule has 0 amide bonds. The molecule has 0 N–H and O–H groups in total. The number of hydrogen-bond donors (Lipinski definition) is 0. The van der Waals surface area contributed by atoms with Crippen molar-refractivity contribution in [2.75, 3.05) is 19.8 Å². The van der Waals surface area contributed by atoms with Gasteiger partial charge >= 0.3 is 7.82 Å². The van der Waals surface area contributed by atoms with Crippen molar-refractivity contribution in [1.82, 2.24) is 0 Å². The third kappa shape index (κ3) is 13.4. The first-order valence-electron chi connectivity index (χ1n) is 8.36. The first-order valence-corrected chi connectivity index (χ1v) is 9.82. The van der Waals surface area contributed by atoms with E-state index in [4.69, 9.17) is 27.8 Å². The minimum absolute atomic E-state index is 0.255. The number of phosphoric ester groups is 1. The molecule has 0 saturated heterocycles. The van der Waals surface area contributed by atoms with Crippen LogP contribution >= 0.6 is 7.82 Å². The van der Waals surface area contributed by atoms with E-state index in [1.54, 1.807) is 41.5 Å². The molecule has 0 spiro atoms. The van der Waals surface area contributed by atoms with Crippen molar-refractivity contribution in [3.63, 3.8) is 0 Å². The van der Waals surface area contributed by atoms with Crippen LogP contribution < -0.4 is 0 Å². The summed E-state index contributed by atoms with van der Waals surface area (Å²) in [4.78, 5) is 0. The first kappa shape index (κ1) is 25.2. The molecule has 8 heteroatoms. The van der Waals surface area contributed by atoms with E-state index in [1.165, 1.54) is 0 Å². The molecule has 0 aliphatic carbocycles. The number of ether oxygens (including phenoxy) is 3. The molecule has 0 aromatic carbocycles. The largest absolute Gasteiger partial charge is 0.481 e. The third-order valence-corrected chi connectivity index (χ3v) is 4.19. The summed E-state index contributed by atoms with van der Waals surface area (Å²) in [5.41, 5.74) is 2.40. The summed E-state index contributed by atoms with van der Waals surface area (Å²) in [6.07, 6.45) is -2.54. The van der Waals surface area contributed by atoms with E-state index >= 15 is 0 Å². The predicted molar refractivity (Wildman–Crippen MR) is 102 cm³/mol.